The van der Waals surface area contributed by atoms with Crippen molar-refractivity contribution < 1.29 is 13.9 Å². The van der Waals surface area contributed by atoms with Gasteiger partial charge in [0.25, 0.3) is 0 Å². The Labute approximate surface area is 151 Å². The second-order valence-electron chi connectivity index (χ2n) is 5.95. The van der Waals surface area contributed by atoms with Crippen LogP contribution in [-0.4, -0.2) is 44.1 Å². The molecule has 0 aliphatic carbocycles. The topological polar surface area (TPSA) is 32.8 Å². The van der Waals surface area contributed by atoms with Gasteiger partial charge in [-0.15, -0.1) is 0 Å². The smallest absolute Gasteiger partial charge is 0.227 e. The van der Waals surface area contributed by atoms with Crippen LogP contribution in [0.1, 0.15) is 5.56 Å². The molecule has 3 rings (SSSR count). The number of benzene rings is 2. The molecule has 1 heterocycles. The number of halogens is 2. The van der Waals surface area contributed by atoms with Crippen LogP contribution in [0.4, 0.5) is 10.1 Å². The SMILES string of the molecule is COc1ccc(Cl)cc1N1CCN(C(=O)Cc2ccccc2F)CC1. The summed E-state index contributed by atoms with van der Waals surface area (Å²) in [5, 5.41) is 0.647. The highest BCUT2D eigenvalue weighted by Gasteiger charge is 2.23. The first-order chi connectivity index (χ1) is 12.1. The fraction of sp³-hybridized carbons (Fsp3) is 0.316. The molecule has 2 aromatic carbocycles. The molecule has 1 aliphatic rings. The summed E-state index contributed by atoms with van der Waals surface area (Å²) in [5.41, 5.74) is 1.36. The van der Waals surface area contributed by atoms with E-state index < -0.39 is 0 Å². The van der Waals surface area contributed by atoms with Crippen LogP contribution in [0.5, 0.6) is 5.75 Å². The standard InChI is InChI=1S/C19H20ClFN2O2/c1-25-18-7-6-15(20)13-17(18)22-8-10-23(11-9-22)19(24)12-14-4-2-3-5-16(14)21/h2-7,13H,8-12H2,1H3. The quantitative estimate of drug-likeness (QED) is 0.836. The summed E-state index contributed by atoms with van der Waals surface area (Å²) in [5.74, 6) is 0.372. The Hall–Kier alpha value is -2.27. The molecule has 0 aromatic heterocycles. The van der Waals surface area contributed by atoms with Crippen molar-refractivity contribution in [1.82, 2.24) is 4.90 Å². The van der Waals surface area contributed by atoms with E-state index in [0.717, 1.165) is 11.4 Å². The predicted molar refractivity (Wildman–Crippen MR) is 96.9 cm³/mol. The number of carbonyl (C=O) groups is 1. The van der Waals surface area contributed by atoms with Crippen LogP contribution in [0.3, 0.4) is 0 Å². The van der Waals surface area contributed by atoms with Gasteiger partial charge in [-0.05, 0) is 29.8 Å². The second-order valence-corrected chi connectivity index (χ2v) is 6.39. The van der Waals surface area contributed by atoms with Crippen LogP contribution < -0.4 is 9.64 Å². The molecule has 1 saturated heterocycles. The first-order valence-corrected chi connectivity index (χ1v) is 8.56. The molecule has 0 atom stereocenters. The van der Waals surface area contributed by atoms with Gasteiger partial charge in [-0.1, -0.05) is 29.8 Å². The third-order valence-corrected chi connectivity index (χ3v) is 4.65. The van der Waals surface area contributed by atoms with Gasteiger partial charge in [-0.3, -0.25) is 4.79 Å². The Morgan fingerprint density at radius 3 is 2.56 bits per heavy atom. The minimum absolute atomic E-state index is 0.0530. The lowest BCUT2D eigenvalue weighted by molar-refractivity contribution is -0.130. The van der Waals surface area contributed by atoms with Gasteiger partial charge in [0.1, 0.15) is 11.6 Å². The van der Waals surface area contributed by atoms with E-state index >= 15 is 0 Å². The van der Waals surface area contributed by atoms with E-state index in [9.17, 15) is 9.18 Å². The van der Waals surface area contributed by atoms with Crippen molar-refractivity contribution in [2.24, 2.45) is 0 Å². The highest BCUT2D eigenvalue weighted by molar-refractivity contribution is 6.30. The zero-order valence-corrected chi connectivity index (χ0v) is 14.8. The number of rotatable bonds is 4. The number of anilines is 1. The van der Waals surface area contributed by atoms with Crippen molar-refractivity contribution in [3.63, 3.8) is 0 Å². The summed E-state index contributed by atoms with van der Waals surface area (Å²) in [6, 6.07) is 11.9. The number of hydrogen-bond acceptors (Lipinski definition) is 3. The second kappa shape index (κ2) is 7.74. The summed E-state index contributed by atoms with van der Waals surface area (Å²) >= 11 is 6.09. The maximum Gasteiger partial charge on any atom is 0.227 e. The van der Waals surface area contributed by atoms with Gasteiger partial charge < -0.3 is 14.5 Å². The molecular formula is C19H20ClFN2O2. The molecule has 0 N–H and O–H groups in total. The number of methoxy groups -OCH3 is 1. The lowest BCUT2D eigenvalue weighted by Gasteiger charge is -2.36. The number of carbonyl (C=O) groups excluding carboxylic acids is 1. The van der Waals surface area contributed by atoms with Crippen LogP contribution in [-0.2, 0) is 11.2 Å². The van der Waals surface area contributed by atoms with E-state index in [2.05, 4.69) is 4.90 Å². The summed E-state index contributed by atoms with van der Waals surface area (Å²) in [7, 11) is 1.63. The lowest BCUT2D eigenvalue weighted by Crippen LogP contribution is -2.49. The molecule has 1 amide bonds. The molecule has 0 bridgehead atoms. The molecule has 0 saturated carbocycles. The largest absolute Gasteiger partial charge is 0.495 e. The fourth-order valence-corrected chi connectivity index (χ4v) is 3.19. The van der Waals surface area contributed by atoms with Crippen molar-refractivity contribution in [2.45, 2.75) is 6.42 Å². The third kappa shape index (κ3) is 4.04. The average Bonchev–Trinajstić information content (AvgIpc) is 2.63. The Morgan fingerprint density at radius 2 is 1.88 bits per heavy atom. The first kappa shape index (κ1) is 17.5. The van der Waals surface area contributed by atoms with Crippen LogP contribution in [0.2, 0.25) is 5.02 Å². The molecule has 1 aliphatic heterocycles. The first-order valence-electron chi connectivity index (χ1n) is 8.18. The fourth-order valence-electron chi connectivity index (χ4n) is 3.02. The van der Waals surface area contributed by atoms with Gasteiger partial charge in [0, 0.05) is 31.2 Å². The van der Waals surface area contributed by atoms with Crippen LogP contribution in [0, 0.1) is 5.82 Å². The van der Waals surface area contributed by atoms with Gasteiger partial charge in [-0.25, -0.2) is 4.39 Å². The molecule has 0 unspecified atom stereocenters. The highest BCUT2D eigenvalue weighted by Crippen LogP contribution is 2.31. The van der Waals surface area contributed by atoms with Crippen molar-refractivity contribution in [3.05, 3.63) is 58.9 Å². The van der Waals surface area contributed by atoms with E-state index in [4.69, 9.17) is 16.3 Å². The van der Waals surface area contributed by atoms with Crippen molar-refractivity contribution in [2.75, 3.05) is 38.2 Å². The Morgan fingerprint density at radius 1 is 1.16 bits per heavy atom. The minimum Gasteiger partial charge on any atom is -0.495 e. The normalized spacial score (nSPS) is 14.5. The van der Waals surface area contributed by atoms with Crippen LogP contribution in [0.15, 0.2) is 42.5 Å². The zero-order valence-electron chi connectivity index (χ0n) is 14.0. The third-order valence-electron chi connectivity index (χ3n) is 4.41. The Bertz CT molecular complexity index is 761. The average molecular weight is 363 g/mol. The van der Waals surface area contributed by atoms with Gasteiger partial charge in [0.05, 0.1) is 19.2 Å². The van der Waals surface area contributed by atoms with Gasteiger partial charge in [0.15, 0.2) is 0 Å². The monoisotopic (exact) mass is 362 g/mol. The lowest BCUT2D eigenvalue weighted by atomic mass is 10.1. The number of hydrogen-bond donors (Lipinski definition) is 0. The summed E-state index contributed by atoms with van der Waals surface area (Å²) < 4.78 is 19.1. The van der Waals surface area contributed by atoms with Gasteiger partial charge in [-0.2, -0.15) is 0 Å². The Kier molecular flexibility index (Phi) is 5.43. The predicted octanol–water partition coefficient (Wildman–Crippen LogP) is 3.38. The molecule has 6 heteroatoms. The molecule has 132 valence electrons. The number of ether oxygens (including phenoxy) is 1. The minimum atomic E-state index is -0.335. The maximum atomic E-state index is 13.7. The van der Waals surface area contributed by atoms with E-state index in [1.807, 2.05) is 12.1 Å². The van der Waals surface area contributed by atoms with Crippen molar-refractivity contribution in [3.8, 4) is 5.75 Å². The zero-order chi connectivity index (χ0) is 17.8. The van der Waals surface area contributed by atoms with Crippen molar-refractivity contribution >= 4 is 23.2 Å². The Balaban J connectivity index is 1.63. The number of piperazine rings is 1. The van der Waals surface area contributed by atoms with E-state index in [-0.39, 0.29) is 18.1 Å². The summed E-state index contributed by atoms with van der Waals surface area (Å²) in [6.45, 7) is 2.53. The molecule has 25 heavy (non-hydrogen) atoms. The van der Waals surface area contributed by atoms with Gasteiger partial charge >= 0.3 is 0 Å². The van der Waals surface area contributed by atoms with Gasteiger partial charge in [0.2, 0.25) is 5.91 Å². The molecule has 0 spiro atoms. The van der Waals surface area contributed by atoms with E-state index in [1.165, 1.54) is 6.07 Å². The molecule has 0 radical (unpaired) electrons. The van der Waals surface area contributed by atoms with Crippen LogP contribution >= 0.6 is 11.6 Å². The summed E-state index contributed by atoms with van der Waals surface area (Å²) in [6.07, 6.45) is 0.0904. The highest BCUT2D eigenvalue weighted by atomic mass is 35.5. The van der Waals surface area contributed by atoms with Crippen molar-refractivity contribution in [1.29, 1.82) is 0 Å². The maximum absolute atomic E-state index is 13.7. The van der Waals surface area contributed by atoms with Crippen LogP contribution in [0.25, 0.3) is 0 Å². The number of nitrogens with zero attached hydrogens (tertiary/aromatic N) is 2. The summed E-state index contributed by atoms with van der Waals surface area (Å²) in [4.78, 5) is 16.4. The molecule has 4 nitrogen and oxygen atoms in total. The molecular weight excluding hydrogens is 343 g/mol. The molecule has 2 aromatic rings. The van der Waals surface area contributed by atoms with E-state index in [1.54, 1.807) is 36.3 Å². The van der Waals surface area contributed by atoms with E-state index in [0.29, 0.717) is 36.8 Å². The molecule has 1 fully saturated rings. The number of amides is 1.